The number of nitrogens with one attached hydrogen (secondary N) is 2. The standard InChI is InChI=1S/C13H11BrN2O4/c14-10-2-1-9(12(17)18)5-11(10)16-13(19)15-6-8-3-4-20-7-8/h1-5,7H,6H2,(H,17,18)(H2,15,16,19). The Morgan fingerprint density at radius 3 is 2.75 bits per heavy atom. The summed E-state index contributed by atoms with van der Waals surface area (Å²) in [7, 11) is 0. The molecule has 1 heterocycles. The molecule has 7 heteroatoms. The molecule has 0 aliphatic carbocycles. The number of carboxylic acid groups (broad SMARTS) is 1. The molecule has 3 N–H and O–H groups in total. The van der Waals surface area contributed by atoms with Gasteiger partial charge in [0.2, 0.25) is 0 Å². The van der Waals surface area contributed by atoms with Crippen LogP contribution in [0.4, 0.5) is 10.5 Å². The Hall–Kier alpha value is -2.28. The molecule has 0 atom stereocenters. The minimum Gasteiger partial charge on any atom is -0.478 e. The summed E-state index contributed by atoms with van der Waals surface area (Å²) in [6.45, 7) is 0.318. The summed E-state index contributed by atoms with van der Waals surface area (Å²) in [6, 6.07) is 5.69. The molecule has 20 heavy (non-hydrogen) atoms. The number of aromatic carboxylic acids is 1. The first-order chi connectivity index (χ1) is 9.56. The van der Waals surface area contributed by atoms with E-state index in [2.05, 4.69) is 26.6 Å². The molecule has 0 spiro atoms. The van der Waals surface area contributed by atoms with Crippen LogP contribution in [0.1, 0.15) is 15.9 Å². The van der Waals surface area contributed by atoms with Crippen LogP contribution in [-0.4, -0.2) is 17.1 Å². The Morgan fingerprint density at radius 1 is 1.30 bits per heavy atom. The molecule has 0 bridgehead atoms. The van der Waals surface area contributed by atoms with Crippen LogP contribution in [0.15, 0.2) is 45.7 Å². The monoisotopic (exact) mass is 338 g/mol. The molecule has 0 unspecified atom stereocenters. The lowest BCUT2D eigenvalue weighted by Crippen LogP contribution is -2.28. The van der Waals surface area contributed by atoms with Crippen molar-refractivity contribution >= 4 is 33.6 Å². The normalized spacial score (nSPS) is 10.1. The molecule has 0 radical (unpaired) electrons. The lowest BCUT2D eigenvalue weighted by atomic mass is 10.2. The Labute approximate surface area is 122 Å². The van der Waals surface area contributed by atoms with Crippen LogP contribution >= 0.6 is 15.9 Å². The van der Waals surface area contributed by atoms with Gasteiger partial charge in [-0.3, -0.25) is 0 Å². The molecule has 2 rings (SSSR count). The Morgan fingerprint density at radius 2 is 2.10 bits per heavy atom. The number of rotatable bonds is 4. The molecule has 6 nitrogen and oxygen atoms in total. The van der Waals surface area contributed by atoms with E-state index in [1.54, 1.807) is 12.1 Å². The van der Waals surface area contributed by atoms with Crippen molar-refractivity contribution in [3.63, 3.8) is 0 Å². The number of carboxylic acids is 1. The first-order valence-corrected chi connectivity index (χ1v) is 6.44. The summed E-state index contributed by atoms with van der Waals surface area (Å²) in [4.78, 5) is 22.6. The number of carbonyl (C=O) groups excluding carboxylic acids is 1. The zero-order valence-electron chi connectivity index (χ0n) is 10.2. The predicted octanol–water partition coefficient (Wildman–Crippen LogP) is 3.06. The maximum Gasteiger partial charge on any atom is 0.335 e. The van der Waals surface area contributed by atoms with E-state index in [1.807, 2.05) is 0 Å². The van der Waals surface area contributed by atoms with Gasteiger partial charge in [-0.25, -0.2) is 9.59 Å². The number of hydrogen-bond acceptors (Lipinski definition) is 3. The van der Waals surface area contributed by atoms with Gasteiger partial charge in [-0.15, -0.1) is 0 Å². The van der Waals surface area contributed by atoms with E-state index < -0.39 is 12.0 Å². The lowest BCUT2D eigenvalue weighted by molar-refractivity contribution is 0.0697. The number of hydrogen-bond donors (Lipinski definition) is 3. The summed E-state index contributed by atoms with van der Waals surface area (Å²) in [5.74, 6) is -1.06. The van der Waals surface area contributed by atoms with Crippen LogP contribution in [0.5, 0.6) is 0 Å². The highest BCUT2D eigenvalue weighted by atomic mass is 79.9. The Balaban J connectivity index is 2.00. The van der Waals surface area contributed by atoms with E-state index in [0.29, 0.717) is 16.7 Å². The van der Waals surface area contributed by atoms with Gasteiger partial charge in [-0.1, -0.05) is 0 Å². The van der Waals surface area contributed by atoms with E-state index in [4.69, 9.17) is 9.52 Å². The van der Waals surface area contributed by atoms with Gasteiger partial charge in [0.1, 0.15) is 0 Å². The fraction of sp³-hybridized carbons (Fsp3) is 0.0769. The van der Waals surface area contributed by atoms with E-state index in [1.165, 1.54) is 24.7 Å². The average molecular weight is 339 g/mol. The third-order valence-electron chi connectivity index (χ3n) is 2.49. The molecular weight excluding hydrogens is 328 g/mol. The SMILES string of the molecule is O=C(NCc1ccoc1)Nc1cc(C(=O)O)ccc1Br. The smallest absolute Gasteiger partial charge is 0.335 e. The van der Waals surface area contributed by atoms with Gasteiger partial charge < -0.3 is 20.2 Å². The van der Waals surface area contributed by atoms with Crippen molar-refractivity contribution in [3.8, 4) is 0 Å². The minimum atomic E-state index is -1.06. The third kappa shape index (κ3) is 3.61. The second kappa shape index (κ2) is 6.25. The van der Waals surface area contributed by atoms with Crippen molar-refractivity contribution in [1.82, 2.24) is 5.32 Å². The summed E-state index contributed by atoms with van der Waals surface area (Å²) in [5.41, 5.74) is 1.31. The first kappa shape index (κ1) is 14.1. The molecule has 0 aliphatic rings. The number of amides is 2. The van der Waals surface area contributed by atoms with Gasteiger partial charge in [0.15, 0.2) is 0 Å². The fourth-order valence-electron chi connectivity index (χ4n) is 1.50. The summed E-state index contributed by atoms with van der Waals surface area (Å²) < 4.78 is 5.48. The molecule has 0 saturated carbocycles. The van der Waals surface area contributed by atoms with E-state index >= 15 is 0 Å². The lowest BCUT2D eigenvalue weighted by Gasteiger charge is -2.09. The molecule has 0 aliphatic heterocycles. The van der Waals surface area contributed by atoms with Crippen LogP contribution < -0.4 is 10.6 Å². The highest BCUT2D eigenvalue weighted by Crippen LogP contribution is 2.23. The summed E-state index contributed by atoms with van der Waals surface area (Å²) in [5, 5.41) is 14.1. The van der Waals surface area contributed by atoms with Crippen molar-refractivity contribution in [2.75, 3.05) is 5.32 Å². The van der Waals surface area contributed by atoms with E-state index in [-0.39, 0.29) is 5.56 Å². The topological polar surface area (TPSA) is 91.6 Å². The minimum absolute atomic E-state index is 0.0957. The average Bonchev–Trinajstić information content (AvgIpc) is 2.92. The number of benzene rings is 1. The van der Waals surface area contributed by atoms with Crippen LogP contribution in [0.2, 0.25) is 0 Å². The maximum atomic E-state index is 11.7. The van der Waals surface area contributed by atoms with Gasteiger partial charge in [0.25, 0.3) is 0 Å². The number of urea groups is 1. The summed E-state index contributed by atoms with van der Waals surface area (Å²) in [6.07, 6.45) is 3.04. The molecule has 1 aromatic carbocycles. The van der Waals surface area contributed by atoms with Crippen molar-refractivity contribution in [2.24, 2.45) is 0 Å². The van der Waals surface area contributed by atoms with Crippen molar-refractivity contribution in [3.05, 3.63) is 52.4 Å². The zero-order valence-corrected chi connectivity index (χ0v) is 11.8. The molecule has 2 aromatic rings. The fourth-order valence-corrected chi connectivity index (χ4v) is 1.84. The van der Waals surface area contributed by atoms with Gasteiger partial charge in [-0.2, -0.15) is 0 Å². The Kier molecular flexibility index (Phi) is 4.41. The largest absolute Gasteiger partial charge is 0.478 e. The highest BCUT2D eigenvalue weighted by molar-refractivity contribution is 9.10. The number of furan rings is 1. The van der Waals surface area contributed by atoms with Gasteiger partial charge >= 0.3 is 12.0 Å². The predicted molar refractivity (Wildman–Crippen MR) is 75.7 cm³/mol. The van der Waals surface area contributed by atoms with Crippen LogP contribution in [0.3, 0.4) is 0 Å². The molecule has 0 saturated heterocycles. The second-order valence-corrected chi connectivity index (χ2v) is 4.79. The van der Waals surface area contributed by atoms with Crippen LogP contribution in [0, 0.1) is 0 Å². The Bertz CT molecular complexity index is 625. The highest BCUT2D eigenvalue weighted by Gasteiger charge is 2.09. The van der Waals surface area contributed by atoms with Crippen molar-refractivity contribution < 1.29 is 19.1 Å². The number of carbonyl (C=O) groups is 2. The molecule has 2 amide bonds. The summed E-state index contributed by atoms with van der Waals surface area (Å²) >= 11 is 3.25. The van der Waals surface area contributed by atoms with Gasteiger partial charge in [-0.05, 0) is 40.2 Å². The van der Waals surface area contributed by atoms with E-state index in [9.17, 15) is 9.59 Å². The maximum absolute atomic E-state index is 11.7. The third-order valence-corrected chi connectivity index (χ3v) is 3.19. The van der Waals surface area contributed by atoms with Crippen LogP contribution in [-0.2, 0) is 6.54 Å². The first-order valence-electron chi connectivity index (χ1n) is 5.65. The molecule has 1 aromatic heterocycles. The van der Waals surface area contributed by atoms with Crippen molar-refractivity contribution in [2.45, 2.75) is 6.54 Å². The van der Waals surface area contributed by atoms with Crippen LogP contribution in [0.25, 0.3) is 0 Å². The van der Waals surface area contributed by atoms with Gasteiger partial charge in [0, 0.05) is 16.6 Å². The molecule has 104 valence electrons. The number of anilines is 1. The quantitative estimate of drug-likeness (QED) is 0.798. The molecule has 0 fully saturated rings. The molecular formula is C13H11BrN2O4. The zero-order chi connectivity index (χ0) is 14.5. The second-order valence-electron chi connectivity index (χ2n) is 3.94. The number of halogens is 1. The van der Waals surface area contributed by atoms with Gasteiger partial charge in [0.05, 0.1) is 23.8 Å². The van der Waals surface area contributed by atoms with E-state index in [0.717, 1.165) is 5.56 Å². The van der Waals surface area contributed by atoms with Crippen molar-refractivity contribution in [1.29, 1.82) is 0 Å².